The van der Waals surface area contributed by atoms with E-state index in [2.05, 4.69) is 10.5 Å². The first-order chi connectivity index (χ1) is 6.77. The molecule has 72 valence electrons. The zero-order valence-corrected chi connectivity index (χ0v) is 7.73. The van der Waals surface area contributed by atoms with Crippen LogP contribution in [0.5, 0.6) is 5.75 Å². The van der Waals surface area contributed by atoms with Crippen LogP contribution in [0.2, 0.25) is 0 Å². The molecule has 2 rings (SSSR count). The van der Waals surface area contributed by atoms with Gasteiger partial charge in [0.25, 0.3) is 5.91 Å². The molecule has 1 heterocycles. The third-order valence-electron chi connectivity index (χ3n) is 1.96. The topological polar surface area (TPSA) is 50.7 Å². The molecule has 4 nitrogen and oxygen atoms in total. The third-order valence-corrected chi connectivity index (χ3v) is 1.96. The highest BCUT2D eigenvalue weighted by atomic mass is 16.5. The lowest BCUT2D eigenvalue weighted by molar-refractivity contribution is -0.124. The highest BCUT2D eigenvalue weighted by Crippen LogP contribution is 2.13. The van der Waals surface area contributed by atoms with Gasteiger partial charge in [-0.2, -0.15) is 5.10 Å². The number of hydrazone groups is 1. The van der Waals surface area contributed by atoms with Crippen LogP contribution in [-0.4, -0.2) is 17.7 Å². The van der Waals surface area contributed by atoms with Crippen LogP contribution >= 0.6 is 0 Å². The van der Waals surface area contributed by atoms with Crippen molar-refractivity contribution in [1.29, 1.82) is 0 Å². The van der Waals surface area contributed by atoms with Crippen LogP contribution in [0, 0.1) is 0 Å². The smallest absolute Gasteiger partial charge is 0.287 e. The van der Waals surface area contributed by atoms with E-state index < -0.39 is 6.10 Å². The minimum Gasteiger partial charge on any atom is -0.474 e. The Morgan fingerprint density at radius 2 is 2.07 bits per heavy atom. The molecule has 0 unspecified atom stereocenters. The largest absolute Gasteiger partial charge is 0.474 e. The lowest BCUT2D eigenvalue weighted by atomic mass is 10.2. The summed E-state index contributed by atoms with van der Waals surface area (Å²) in [6.07, 6.45) is -0.586. The maximum absolute atomic E-state index is 11.2. The quantitative estimate of drug-likeness (QED) is 0.754. The van der Waals surface area contributed by atoms with Crippen LogP contribution in [0.15, 0.2) is 35.4 Å². The molecule has 0 radical (unpaired) electrons. The molecule has 1 atom stereocenters. The number of hydrogen-bond donors (Lipinski definition) is 1. The van der Waals surface area contributed by atoms with Gasteiger partial charge in [0.1, 0.15) is 5.75 Å². The van der Waals surface area contributed by atoms with Crippen LogP contribution in [0.3, 0.4) is 0 Å². The first-order valence-electron chi connectivity index (χ1n) is 4.33. The van der Waals surface area contributed by atoms with E-state index in [-0.39, 0.29) is 5.91 Å². The van der Waals surface area contributed by atoms with Crippen molar-refractivity contribution in [3.63, 3.8) is 0 Å². The number of amides is 1. The predicted octanol–water partition coefficient (Wildman–Crippen LogP) is 0.940. The Kier molecular flexibility index (Phi) is 2.18. The van der Waals surface area contributed by atoms with E-state index in [1.165, 1.54) is 0 Å². The Morgan fingerprint density at radius 3 is 2.64 bits per heavy atom. The van der Waals surface area contributed by atoms with E-state index in [9.17, 15) is 4.79 Å². The summed E-state index contributed by atoms with van der Waals surface area (Å²) in [5, 5.41) is 3.79. The number of carbonyl (C=O) groups excluding carboxylic acids is 1. The number of ether oxygens (including phenoxy) is 1. The molecule has 14 heavy (non-hydrogen) atoms. The van der Waals surface area contributed by atoms with E-state index >= 15 is 0 Å². The standard InChI is InChI=1S/C10H10N2O2/c1-7-9(10(13)12-11-7)14-8-5-3-2-4-6-8/h2-6,9H,1H3,(H,12,13)/t9-/m1/s1. The summed E-state index contributed by atoms with van der Waals surface area (Å²) in [7, 11) is 0. The normalized spacial score (nSPS) is 20.2. The highest BCUT2D eigenvalue weighted by molar-refractivity contribution is 6.09. The average molecular weight is 190 g/mol. The zero-order valence-electron chi connectivity index (χ0n) is 7.73. The Morgan fingerprint density at radius 1 is 1.36 bits per heavy atom. The fourth-order valence-corrected chi connectivity index (χ4v) is 1.22. The van der Waals surface area contributed by atoms with Gasteiger partial charge >= 0.3 is 0 Å². The molecular formula is C10H10N2O2. The molecule has 0 spiro atoms. The molecule has 0 fully saturated rings. The molecular weight excluding hydrogens is 180 g/mol. The van der Waals surface area contributed by atoms with Gasteiger partial charge in [-0.1, -0.05) is 18.2 Å². The average Bonchev–Trinajstić information content (AvgIpc) is 2.51. The first kappa shape index (κ1) is 8.74. The van der Waals surface area contributed by atoms with Crippen LogP contribution in [-0.2, 0) is 4.79 Å². The number of rotatable bonds is 2. The van der Waals surface area contributed by atoms with E-state index in [1.807, 2.05) is 18.2 Å². The predicted molar refractivity (Wildman–Crippen MR) is 52.1 cm³/mol. The van der Waals surface area contributed by atoms with Crippen molar-refractivity contribution in [1.82, 2.24) is 5.43 Å². The molecule has 4 heteroatoms. The number of benzene rings is 1. The SMILES string of the molecule is CC1=NNC(=O)[C@@H]1Oc1ccccc1. The van der Waals surface area contributed by atoms with Crippen molar-refractivity contribution >= 4 is 11.6 Å². The lowest BCUT2D eigenvalue weighted by Gasteiger charge is -2.10. The molecule has 0 aliphatic carbocycles. The Bertz CT molecular complexity index is 373. The summed E-state index contributed by atoms with van der Waals surface area (Å²) < 4.78 is 5.46. The monoisotopic (exact) mass is 190 g/mol. The van der Waals surface area contributed by atoms with Crippen molar-refractivity contribution in [2.24, 2.45) is 5.10 Å². The van der Waals surface area contributed by atoms with Crippen molar-refractivity contribution in [3.05, 3.63) is 30.3 Å². The molecule has 1 aromatic rings. The fraction of sp³-hybridized carbons (Fsp3) is 0.200. The van der Waals surface area contributed by atoms with Gasteiger partial charge < -0.3 is 4.74 Å². The molecule has 0 bridgehead atoms. The van der Waals surface area contributed by atoms with Crippen LogP contribution in [0.1, 0.15) is 6.92 Å². The van der Waals surface area contributed by atoms with E-state index in [4.69, 9.17) is 4.74 Å². The van der Waals surface area contributed by atoms with Gasteiger partial charge in [0.15, 0.2) is 0 Å². The maximum atomic E-state index is 11.2. The second kappa shape index (κ2) is 3.49. The number of nitrogens with one attached hydrogen (secondary N) is 1. The summed E-state index contributed by atoms with van der Waals surface area (Å²) in [6.45, 7) is 1.76. The van der Waals surface area contributed by atoms with Gasteiger partial charge in [-0.3, -0.25) is 4.79 Å². The molecule has 0 aromatic heterocycles. The van der Waals surface area contributed by atoms with Gasteiger partial charge in [0.2, 0.25) is 6.10 Å². The van der Waals surface area contributed by atoms with Gasteiger partial charge in [-0.15, -0.1) is 0 Å². The third kappa shape index (κ3) is 1.59. The summed E-state index contributed by atoms with van der Waals surface area (Å²) in [5.41, 5.74) is 3.02. The van der Waals surface area contributed by atoms with Crippen LogP contribution < -0.4 is 10.2 Å². The van der Waals surface area contributed by atoms with Crippen molar-refractivity contribution in [3.8, 4) is 5.75 Å². The van der Waals surface area contributed by atoms with Gasteiger partial charge in [-0.05, 0) is 19.1 Å². The molecule has 1 aliphatic rings. The second-order valence-electron chi connectivity index (χ2n) is 3.04. The van der Waals surface area contributed by atoms with Gasteiger partial charge in [-0.25, -0.2) is 5.43 Å². The Labute approximate surface area is 81.6 Å². The summed E-state index contributed by atoms with van der Waals surface area (Å²) in [4.78, 5) is 11.2. The number of nitrogens with zero attached hydrogens (tertiary/aromatic N) is 1. The van der Waals surface area contributed by atoms with Crippen molar-refractivity contribution < 1.29 is 9.53 Å². The summed E-state index contributed by atoms with van der Waals surface area (Å²) >= 11 is 0. The molecule has 0 saturated heterocycles. The minimum atomic E-state index is -0.586. The first-order valence-corrected chi connectivity index (χ1v) is 4.33. The Balaban J connectivity index is 2.12. The minimum absolute atomic E-state index is 0.216. The lowest BCUT2D eigenvalue weighted by Crippen LogP contribution is -2.33. The number of hydrogen-bond acceptors (Lipinski definition) is 3. The van der Waals surface area contributed by atoms with E-state index in [0.29, 0.717) is 11.5 Å². The van der Waals surface area contributed by atoms with Crippen LogP contribution in [0.25, 0.3) is 0 Å². The number of para-hydroxylation sites is 1. The van der Waals surface area contributed by atoms with Gasteiger partial charge in [0.05, 0.1) is 5.71 Å². The van der Waals surface area contributed by atoms with E-state index in [0.717, 1.165) is 0 Å². The molecule has 1 aromatic carbocycles. The summed E-state index contributed by atoms with van der Waals surface area (Å²) in [5.74, 6) is 0.454. The second-order valence-corrected chi connectivity index (χ2v) is 3.04. The fourth-order valence-electron chi connectivity index (χ4n) is 1.22. The van der Waals surface area contributed by atoms with Gasteiger partial charge in [0, 0.05) is 0 Å². The molecule has 0 saturated carbocycles. The molecule has 1 N–H and O–H groups in total. The molecule has 1 amide bonds. The zero-order chi connectivity index (χ0) is 9.97. The Hall–Kier alpha value is -1.84. The number of carbonyl (C=O) groups is 1. The van der Waals surface area contributed by atoms with Crippen LogP contribution in [0.4, 0.5) is 0 Å². The summed E-state index contributed by atoms with van der Waals surface area (Å²) in [6, 6.07) is 9.21. The van der Waals surface area contributed by atoms with Crippen molar-refractivity contribution in [2.75, 3.05) is 0 Å². The van der Waals surface area contributed by atoms with Crippen molar-refractivity contribution in [2.45, 2.75) is 13.0 Å². The van der Waals surface area contributed by atoms with E-state index in [1.54, 1.807) is 19.1 Å². The highest BCUT2D eigenvalue weighted by Gasteiger charge is 2.28. The molecule has 1 aliphatic heterocycles. The maximum Gasteiger partial charge on any atom is 0.287 e.